The monoisotopic (exact) mass is 353 g/mol. The highest BCUT2D eigenvalue weighted by molar-refractivity contribution is 5.83. The van der Waals surface area contributed by atoms with Crippen molar-refractivity contribution in [3.05, 3.63) is 54.1 Å². The summed E-state index contributed by atoms with van der Waals surface area (Å²) in [5, 5.41) is 9.90. The van der Waals surface area contributed by atoms with E-state index in [9.17, 15) is 14.7 Å². The molecule has 1 aromatic heterocycles. The second-order valence-corrected chi connectivity index (χ2v) is 6.81. The van der Waals surface area contributed by atoms with E-state index in [-0.39, 0.29) is 31.4 Å². The first-order valence-electron chi connectivity index (χ1n) is 8.58. The second kappa shape index (κ2) is 6.40. The summed E-state index contributed by atoms with van der Waals surface area (Å²) in [6, 6.07) is 7.48. The number of likely N-dealkylation sites (tertiary alicyclic amines) is 1. The lowest BCUT2D eigenvalue weighted by molar-refractivity contribution is -0.152. The number of amides is 1. The Kier molecular flexibility index (Phi) is 4.06. The molecule has 1 aromatic carbocycles. The van der Waals surface area contributed by atoms with E-state index in [1.165, 1.54) is 0 Å². The topological polar surface area (TPSA) is 92.6 Å². The molecular formula is C19H19N3O4. The number of benzene rings is 1. The summed E-state index contributed by atoms with van der Waals surface area (Å²) in [6.45, 7) is 0.643. The first-order chi connectivity index (χ1) is 12.6. The maximum Gasteiger partial charge on any atom is 0.315 e. The molecule has 134 valence electrons. The highest BCUT2D eigenvalue weighted by Gasteiger charge is 2.57. The van der Waals surface area contributed by atoms with Crippen LogP contribution in [0.15, 0.2) is 42.9 Å². The van der Waals surface area contributed by atoms with Crippen molar-refractivity contribution in [1.82, 2.24) is 14.9 Å². The van der Waals surface area contributed by atoms with Crippen molar-refractivity contribution in [2.45, 2.75) is 18.8 Å². The quantitative estimate of drug-likeness (QED) is 0.895. The molecule has 2 aliphatic rings. The van der Waals surface area contributed by atoms with Gasteiger partial charge in [0.1, 0.15) is 17.8 Å². The number of aromatic nitrogens is 2. The molecule has 0 unspecified atom stereocenters. The van der Waals surface area contributed by atoms with Gasteiger partial charge in [-0.3, -0.25) is 19.6 Å². The fourth-order valence-electron chi connectivity index (χ4n) is 3.88. The SMILES string of the molecule is O=C(CCc1cnccn1)N1C[C@@H]2c3ccccc3OC[C@]2(C(=O)O)C1. The smallest absolute Gasteiger partial charge is 0.315 e. The maximum absolute atomic E-state index is 12.7. The van der Waals surface area contributed by atoms with Crippen LogP contribution < -0.4 is 4.74 Å². The molecule has 7 nitrogen and oxygen atoms in total. The van der Waals surface area contributed by atoms with Gasteiger partial charge in [0.25, 0.3) is 0 Å². The number of rotatable bonds is 4. The van der Waals surface area contributed by atoms with Crippen LogP contribution in [0.3, 0.4) is 0 Å². The Labute approximate surface area is 150 Å². The third-order valence-electron chi connectivity index (χ3n) is 5.31. The minimum atomic E-state index is -1.09. The molecular weight excluding hydrogens is 334 g/mol. The van der Waals surface area contributed by atoms with Crippen LogP contribution in [0.5, 0.6) is 5.75 Å². The molecule has 2 aliphatic heterocycles. The van der Waals surface area contributed by atoms with Gasteiger partial charge in [-0.2, -0.15) is 0 Å². The molecule has 3 heterocycles. The Morgan fingerprint density at radius 1 is 1.31 bits per heavy atom. The first-order valence-corrected chi connectivity index (χ1v) is 8.58. The fraction of sp³-hybridized carbons (Fsp3) is 0.368. The minimum Gasteiger partial charge on any atom is -0.492 e. The summed E-state index contributed by atoms with van der Waals surface area (Å²) in [6.07, 6.45) is 5.59. The number of aryl methyl sites for hydroxylation is 1. The van der Waals surface area contributed by atoms with E-state index in [1.54, 1.807) is 23.5 Å². The highest BCUT2D eigenvalue weighted by atomic mass is 16.5. The van der Waals surface area contributed by atoms with E-state index in [0.717, 1.165) is 11.3 Å². The van der Waals surface area contributed by atoms with E-state index in [4.69, 9.17) is 4.74 Å². The molecule has 0 saturated carbocycles. The Balaban J connectivity index is 1.54. The number of carbonyl (C=O) groups is 2. The van der Waals surface area contributed by atoms with Gasteiger partial charge in [-0.25, -0.2) is 0 Å². The van der Waals surface area contributed by atoms with Gasteiger partial charge in [-0.05, 0) is 12.5 Å². The average molecular weight is 353 g/mol. The molecule has 1 amide bonds. The summed E-state index contributed by atoms with van der Waals surface area (Å²) in [5.41, 5.74) is 0.529. The summed E-state index contributed by atoms with van der Waals surface area (Å²) >= 11 is 0. The van der Waals surface area contributed by atoms with E-state index >= 15 is 0 Å². The van der Waals surface area contributed by atoms with Crippen LogP contribution in [0.4, 0.5) is 0 Å². The van der Waals surface area contributed by atoms with Crippen molar-refractivity contribution in [3.63, 3.8) is 0 Å². The third kappa shape index (κ3) is 2.69. The zero-order valence-corrected chi connectivity index (χ0v) is 14.2. The Bertz CT molecular complexity index is 842. The number of aliphatic carboxylic acids is 1. The lowest BCUT2D eigenvalue weighted by Crippen LogP contribution is -2.46. The van der Waals surface area contributed by atoms with Crippen LogP contribution in [-0.2, 0) is 16.0 Å². The number of nitrogens with zero attached hydrogens (tertiary/aromatic N) is 3. The van der Waals surface area contributed by atoms with Crippen molar-refractivity contribution in [2.75, 3.05) is 19.7 Å². The van der Waals surface area contributed by atoms with E-state index < -0.39 is 11.4 Å². The molecule has 0 spiro atoms. The first kappa shape index (κ1) is 16.5. The highest BCUT2D eigenvalue weighted by Crippen LogP contribution is 2.49. The van der Waals surface area contributed by atoms with Crippen LogP contribution in [0.25, 0.3) is 0 Å². The van der Waals surface area contributed by atoms with Crippen LogP contribution in [0, 0.1) is 5.41 Å². The summed E-state index contributed by atoms with van der Waals surface area (Å²) < 4.78 is 5.72. The van der Waals surface area contributed by atoms with Crippen molar-refractivity contribution >= 4 is 11.9 Å². The molecule has 1 fully saturated rings. The number of hydrogen-bond acceptors (Lipinski definition) is 5. The molecule has 1 N–H and O–H groups in total. The number of carbonyl (C=O) groups excluding carboxylic acids is 1. The molecule has 4 rings (SSSR count). The Morgan fingerprint density at radius 2 is 2.15 bits per heavy atom. The van der Waals surface area contributed by atoms with E-state index in [0.29, 0.717) is 18.7 Å². The van der Waals surface area contributed by atoms with Crippen molar-refractivity contribution in [3.8, 4) is 5.75 Å². The standard InChI is InChI=1S/C19H19N3O4/c23-17(6-5-13-9-20-7-8-21-13)22-10-15-14-3-1-2-4-16(14)26-12-19(15,11-22)18(24)25/h1-4,7-9,15H,5-6,10-12H2,(H,24,25)/t15-,19-/m1/s1. The summed E-state index contributed by atoms with van der Waals surface area (Å²) in [7, 11) is 0. The van der Waals surface area contributed by atoms with E-state index in [1.807, 2.05) is 24.3 Å². The summed E-state index contributed by atoms with van der Waals surface area (Å²) in [4.78, 5) is 34.6. The molecule has 0 bridgehead atoms. The molecule has 2 atom stereocenters. The Hall–Kier alpha value is -2.96. The molecule has 0 aliphatic carbocycles. The van der Waals surface area contributed by atoms with Crippen LogP contribution in [0.1, 0.15) is 23.6 Å². The number of carboxylic acids is 1. The lowest BCUT2D eigenvalue weighted by Gasteiger charge is -2.35. The number of hydrogen-bond donors (Lipinski definition) is 1. The maximum atomic E-state index is 12.7. The van der Waals surface area contributed by atoms with Crippen LogP contribution in [0.2, 0.25) is 0 Å². The number of para-hydroxylation sites is 1. The van der Waals surface area contributed by atoms with Crippen molar-refractivity contribution in [1.29, 1.82) is 0 Å². The number of carboxylic acid groups (broad SMARTS) is 1. The molecule has 1 saturated heterocycles. The fourth-order valence-corrected chi connectivity index (χ4v) is 3.88. The Morgan fingerprint density at radius 3 is 2.92 bits per heavy atom. The van der Waals surface area contributed by atoms with Gasteiger partial charge in [-0.15, -0.1) is 0 Å². The van der Waals surface area contributed by atoms with Gasteiger partial charge in [0.05, 0.1) is 5.69 Å². The molecule has 26 heavy (non-hydrogen) atoms. The second-order valence-electron chi connectivity index (χ2n) is 6.81. The largest absolute Gasteiger partial charge is 0.492 e. The van der Waals surface area contributed by atoms with Crippen LogP contribution >= 0.6 is 0 Å². The van der Waals surface area contributed by atoms with Crippen LogP contribution in [-0.4, -0.2) is 51.5 Å². The average Bonchev–Trinajstić information content (AvgIpc) is 3.09. The van der Waals surface area contributed by atoms with Gasteiger partial charge in [0.2, 0.25) is 5.91 Å². The van der Waals surface area contributed by atoms with Gasteiger partial charge in [-0.1, -0.05) is 18.2 Å². The molecule has 0 radical (unpaired) electrons. The van der Waals surface area contributed by atoms with Gasteiger partial charge >= 0.3 is 5.97 Å². The molecule has 2 aromatic rings. The van der Waals surface area contributed by atoms with Crippen molar-refractivity contribution in [2.24, 2.45) is 5.41 Å². The van der Waals surface area contributed by atoms with Gasteiger partial charge in [0.15, 0.2) is 0 Å². The number of fused-ring (bicyclic) bond motifs is 3. The van der Waals surface area contributed by atoms with Gasteiger partial charge in [0, 0.05) is 49.6 Å². The van der Waals surface area contributed by atoms with Crippen molar-refractivity contribution < 1.29 is 19.4 Å². The number of ether oxygens (including phenoxy) is 1. The summed E-state index contributed by atoms with van der Waals surface area (Å²) in [5.74, 6) is -0.530. The van der Waals surface area contributed by atoms with E-state index in [2.05, 4.69) is 9.97 Å². The normalized spacial score (nSPS) is 23.7. The third-order valence-corrected chi connectivity index (χ3v) is 5.31. The van der Waals surface area contributed by atoms with Gasteiger partial charge < -0.3 is 14.7 Å². The zero-order chi connectivity index (χ0) is 18.1. The lowest BCUT2D eigenvalue weighted by atomic mass is 9.73. The minimum absolute atomic E-state index is 0.0665. The predicted molar refractivity (Wildman–Crippen MR) is 91.7 cm³/mol. The molecule has 7 heteroatoms. The zero-order valence-electron chi connectivity index (χ0n) is 14.2. The predicted octanol–water partition coefficient (Wildman–Crippen LogP) is 1.50.